The minimum Gasteiger partial charge on any atom is -0.376 e. The second-order valence-electron chi connectivity index (χ2n) is 4.33. The van der Waals surface area contributed by atoms with Gasteiger partial charge in [-0.25, -0.2) is 0 Å². The Morgan fingerprint density at radius 2 is 2.31 bits per heavy atom. The van der Waals surface area contributed by atoms with Gasteiger partial charge in [-0.2, -0.15) is 0 Å². The van der Waals surface area contributed by atoms with Gasteiger partial charge in [-0.1, -0.05) is 23.7 Å². The summed E-state index contributed by atoms with van der Waals surface area (Å²) in [6.45, 7) is 2.90. The molecule has 88 valence electrons. The van der Waals surface area contributed by atoms with Gasteiger partial charge in [-0.05, 0) is 44.0 Å². The molecule has 0 radical (unpaired) electrons. The van der Waals surface area contributed by atoms with Crippen molar-refractivity contribution in [1.82, 2.24) is 5.32 Å². The lowest BCUT2D eigenvalue weighted by Crippen LogP contribution is -2.28. The fraction of sp³-hybridized carbons (Fsp3) is 0.538. The molecule has 0 aromatic heterocycles. The molecule has 0 saturated carbocycles. The van der Waals surface area contributed by atoms with E-state index in [1.165, 1.54) is 5.56 Å². The lowest BCUT2D eigenvalue weighted by atomic mass is 9.98. The van der Waals surface area contributed by atoms with Crippen LogP contribution in [0.3, 0.4) is 0 Å². The Hall–Kier alpha value is -0.570. The van der Waals surface area contributed by atoms with Crippen LogP contribution in [0, 0.1) is 6.92 Å². The molecular formula is C13H18ClNO. The van der Waals surface area contributed by atoms with Gasteiger partial charge in [-0.15, -0.1) is 0 Å². The van der Waals surface area contributed by atoms with Crippen molar-refractivity contribution in [3.05, 3.63) is 34.3 Å². The van der Waals surface area contributed by atoms with Crippen LogP contribution in [-0.4, -0.2) is 19.8 Å². The lowest BCUT2D eigenvalue weighted by molar-refractivity contribution is 0.0808. The average Bonchev–Trinajstić information content (AvgIpc) is 2.78. The second-order valence-corrected chi connectivity index (χ2v) is 4.73. The van der Waals surface area contributed by atoms with E-state index >= 15 is 0 Å². The molecule has 0 amide bonds. The Kier molecular flexibility index (Phi) is 3.85. The SMILES string of the molecule is CNC(c1ccc(C)c(Cl)c1)C1CCCO1. The summed E-state index contributed by atoms with van der Waals surface area (Å²) in [7, 11) is 1.97. The highest BCUT2D eigenvalue weighted by Gasteiger charge is 2.26. The number of rotatable bonds is 3. The fourth-order valence-corrected chi connectivity index (χ4v) is 2.42. The standard InChI is InChI=1S/C13H18ClNO/c1-9-5-6-10(8-11(9)14)13(15-2)12-4-3-7-16-12/h5-6,8,12-13,15H,3-4,7H2,1-2H3. The second kappa shape index (κ2) is 5.17. The molecule has 1 heterocycles. The summed E-state index contributed by atoms with van der Waals surface area (Å²) in [5, 5.41) is 4.15. The summed E-state index contributed by atoms with van der Waals surface area (Å²) in [4.78, 5) is 0. The van der Waals surface area contributed by atoms with E-state index in [0.717, 1.165) is 30.0 Å². The quantitative estimate of drug-likeness (QED) is 0.875. The van der Waals surface area contributed by atoms with Gasteiger partial charge in [0.25, 0.3) is 0 Å². The van der Waals surface area contributed by atoms with Gasteiger partial charge in [0, 0.05) is 11.6 Å². The molecule has 2 rings (SSSR count). The normalized spacial score (nSPS) is 22.3. The largest absolute Gasteiger partial charge is 0.376 e. The van der Waals surface area contributed by atoms with Gasteiger partial charge in [-0.3, -0.25) is 0 Å². The Bertz CT molecular complexity index is 361. The van der Waals surface area contributed by atoms with Crippen molar-refractivity contribution < 1.29 is 4.74 Å². The van der Waals surface area contributed by atoms with E-state index in [0.29, 0.717) is 0 Å². The molecule has 2 unspecified atom stereocenters. The van der Waals surface area contributed by atoms with Gasteiger partial charge < -0.3 is 10.1 Å². The highest BCUT2D eigenvalue weighted by Crippen LogP contribution is 2.29. The topological polar surface area (TPSA) is 21.3 Å². The van der Waals surface area contributed by atoms with Crippen LogP contribution in [0.15, 0.2) is 18.2 Å². The Labute approximate surface area is 102 Å². The average molecular weight is 240 g/mol. The number of likely N-dealkylation sites (N-methyl/N-ethyl adjacent to an activating group) is 1. The highest BCUT2D eigenvalue weighted by molar-refractivity contribution is 6.31. The van der Waals surface area contributed by atoms with Crippen LogP contribution in [0.4, 0.5) is 0 Å². The first-order valence-electron chi connectivity index (χ1n) is 5.77. The Balaban J connectivity index is 2.22. The first-order chi connectivity index (χ1) is 7.72. The Morgan fingerprint density at radius 3 is 2.88 bits per heavy atom. The summed E-state index contributed by atoms with van der Waals surface area (Å²) in [6.07, 6.45) is 2.56. The predicted octanol–water partition coefficient (Wildman–Crippen LogP) is 3.09. The van der Waals surface area contributed by atoms with Crippen LogP contribution >= 0.6 is 11.6 Å². The molecule has 1 aromatic rings. The molecule has 1 aliphatic heterocycles. The maximum absolute atomic E-state index is 6.15. The van der Waals surface area contributed by atoms with E-state index in [1.807, 2.05) is 20.0 Å². The van der Waals surface area contributed by atoms with Crippen LogP contribution in [0.5, 0.6) is 0 Å². The summed E-state index contributed by atoms with van der Waals surface area (Å²) < 4.78 is 5.72. The number of ether oxygens (including phenoxy) is 1. The first-order valence-corrected chi connectivity index (χ1v) is 6.15. The molecule has 0 bridgehead atoms. The van der Waals surface area contributed by atoms with Crippen molar-refractivity contribution in [3.8, 4) is 0 Å². The Morgan fingerprint density at radius 1 is 1.50 bits per heavy atom. The number of halogens is 1. The van der Waals surface area contributed by atoms with E-state index in [4.69, 9.17) is 16.3 Å². The molecule has 0 spiro atoms. The first kappa shape index (κ1) is 11.9. The lowest BCUT2D eigenvalue weighted by Gasteiger charge is -2.23. The third-order valence-corrected chi connectivity index (χ3v) is 3.61. The predicted molar refractivity (Wildman–Crippen MR) is 67.0 cm³/mol. The van der Waals surface area contributed by atoms with Crippen LogP contribution in [0.2, 0.25) is 5.02 Å². The van der Waals surface area contributed by atoms with Gasteiger partial charge in [0.2, 0.25) is 0 Å². The van der Waals surface area contributed by atoms with E-state index in [9.17, 15) is 0 Å². The number of nitrogens with one attached hydrogen (secondary N) is 1. The van der Waals surface area contributed by atoms with Crippen LogP contribution in [0.1, 0.15) is 30.0 Å². The molecule has 1 N–H and O–H groups in total. The minimum atomic E-state index is 0.251. The minimum absolute atomic E-state index is 0.251. The zero-order valence-electron chi connectivity index (χ0n) is 9.79. The highest BCUT2D eigenvalue weighted by atomic mass is 35.5. The molecule has 0 aliphatic carbocycles. The van der Waals surface area contributed by atoms with Crippen molar-refractivity contribution in [2.45, 2.75) is 31.9 Å². The summed E-state index contributed by atoms with van der Waals surface area (Å²) in [5.74, 6) is 0. The molecule has 1 aliphatic rings. The molecule has 1 saturated heterocycles. The number of hydrogen-bond acceptors (Lipinski definition) is 2. The number of aryl methyl sites for hydroxylation is 1. The van der Waals surface area contributed by atoms with Crippen molar-refractivity contribution >= 4 is 11.6 Å². The molecule has 1 fully saturated rings. The smallest absolute Gasteiger partial charge is 0.0770 e. The van der Waals surface area contributed by atoms with Crippen molar-refractivity contribution in [1.29, 1.82) is 0 Å². The maximum atomic E-state index is 6.15. The summed E-state index contributed by atoms with van der Waals surface area (Å²) in [6, 6.07) is 6.49. The molecular weight excluding hydrogens is 222 g/mol. The van der Waals surface area contributed by atoms with E-state index in [1.54, 1.807) is 0 Å². The number of hydrogen-bond donors (Lipinski definition) is 1. The van der Waals surface area contributed by atoms with Crippen molar-refractivity contribution in [2.75, 3.05) is 13.7 Å². The third-order valence-electron chi connectivity index (χ3n) is 3.20. The zero-order valence-corrected chi connectivity index (χ0v) is 10.6. The van der Waals surface area contributed by atoms with Gasteiger partial charge in [0.15, 0.2) is 0 Å². The summed E-state index contributed by atoms with van der Waals surface area (Å²) >= 11 is 6.15. The van der Waals surface area contributed by atoms with Gasteiger partial charge >= 0.3 is 0 Å². The number of benzene rings is 1. The molecule has 16 heavy (non-hydrogen) atoms. The van der Waals surface area contributed by atoms with E-state index in [2.05, 4.69) is 17.4 Å². The van der Waals surface area contributed by atoms with Crippen LogP contribution < -0.4 is 5.32 Å². The van der Waals surface area contributed by atoms with Crippen LogP contribution in [-0.2, 0) is 4.74 Å². The molecule has 3 heteroatoms. The van der Waals surface area contributed by atoms with Gasteiger partial charge in [0.1, 0.15) is 0 Å². The van der Waals surface area contributed by atoms with Gasteiger partial charge in [0.05, 0.1) is 12.1 Å². The fourth-order valence-electron chi connectivity index (χ4n) is 2.24. The van der Waals surface area contributed by atoms with Crippen molar-refractivity contribution in [2.24, 2.45) is 0 Å². The van der Waals surface area contributed by atoms with Crippen molar-refractivity contribution in [3.63, 3.8) is 0 Å². The van der Waals surface area contributed by atoms with E-state index in [-0.39, 0.29) is 12.1 Å². The zero-order chi connectivity index (χ0) is 11.5. The molecule has 2 atom stereocenters. The molecule has 2 nitrogen and oxygen atoms in total. The maximum Gasteiger partial charge on any atom is 0.0770 e. The van der Waals surface area contributed by atoms with E-state index < -0.39 is 0 Å². The van der Waals surface area contributed by atoms with Crippen LogP contribution in [0.25, 0.3) is 0 Å². The summed E-state index contributed by atoms with van der Waals surface area (Å²) in [5.41, 5.74) is 2.33. The molecule has 1 aromatic carbocycles. The third kappa shape index (κ3) is 2.40. The monoisotopic (exact) mass is 239 g/mol.